The van der Waals surface area contributed by atoms with Gasteiger partial charge >= 0.3 is 5.97 Å². The van der Waals surface area contributed by atoms with Crippen molar-refractivity contribution < 1.29 is 33.7 Å². The molecule has 0 saturated carbocycles. The molecule has 0 aromatic heterocycles. The van der Waals surface area contributed by atoms with Gasteiger partial charge in [0.25, 0.3) is 0 Å². The van der Waals surface area contributed by atoms with Crippen molar-refractivity contribution in [3.05, 3.63) is 57.8 Å². The number of carbonyl (C=O) groups is 3. The van der Waals surface area contributed by atoms with Crippen LogP contribution in [0.5, 0.6) is 17.2 Å². The SMILES string of the molecule is COc1cc(OC)c(C2CC(=O)N(c3ccc(Cl)c(C(=O)O)c3)C3=C2C(=O)CC(C)(C)C3)cc1OC. The van der Waals surface area contributed by atoms with Crippen LogP contribution in [0.25, 0.3) is 0 Å². The fraction of sp³-hybridized carbons (Fsp3) is 0.370. The Bertz CT molecular complexity index is 1300. The van der Waals surface area contributed by atoms with Gasteiger partial charge in [-0.25, -0.2) is 4.79 Å². The zero-order valence-corrected chi connectivity index (χ0v) is 21.6. The number of anilines is 1. The Balaban J connectivity index is 1.95. The summed E-state index contributed by atoms with van der Waals surface area (Å²) in [6, 6.07) is 7.85. The minimum atomic E-state index is -1.20. The Morgan fingerprint density at radius 2 is 1.64 bits per heavy atom. The third kappa shape index (κ3) is 4.41. The molecule has 2 aromatic rings. The maximum atomic E-state index is 13.7. The van der Waals surface area contributed by atoms with Gasteiger partial charge in [0.2, 0.25) is 5.91 Å². The summed E-state index contributed by atoms with van der Waals surface area (Å²) in [5, 5.41) is 9.63. The first-order chi connectivity index (χ1) is 17.0. The lowest BCUT2D eigenvalue weighted by Gasteiger charge is -2.43. The summed E-state index contributed by atoms with van der Waals surface area (Å²) in [6.07, 6.45) is 0.764. The standard InChI is InChI=1S/C27H28ClNO7/c1-27(2)12-19-25(20(30)13-27)16(15-9-22(35-4)23(36-5)11-21(15)34-3)10-24(31)29(19)14-6-7-18(28)17(8-14)26(32)33/h6-9,11,16H,10,12-13H2,1-5H3,(H,32,33). The summed E-state index contributed by atoms with van der Waals surface area (Å²) in [5.74, 6) is -0.690. The van der Waals surface area contributed by atoms with Gasteiger partial charge in [-0.15, -0.1) is 0 Å². The maximum absolute atomic E-state index is 13.7. The molecule has 1 atom stereocenters. The molecule has 2 aliphatic rings. The molecule has 0 saturated heterocycles. The molecule has 8 nitrogen and oxygen atoms in total. The number of carboxylic acids is 1. The molecule has 1 amide bonds. The molecule has 1 N–H and O–H groups in total. The zero-order valence-electron chi connectivity index (χ0n) is 20.8. The number of halogens is 1. The first-order valence-corrected chi connectivity index (χ1v) is 11.8. The van der Waals surface area contributed by atoms with Gasteiger partial charge in [0.05, 0.1) is 31.9 Å². The first kappa shape index (κ1) is 25.6. The van der Waals surface area contributed by atoms with Gasteiger partial charge in [-0.2, -0.15) is 0 Å². The molecule has 0 radical (unpaired) electrons. The second kappa shape index (κ2) is 9.50. The van der Waals surface area contributed by atoms with Crippen LogP contribution in [-0.4, -0.2) is 44.1 Å². The highest BCUT2D eigenvalue weighted by Crippen LogP contribution is 2.51. The largest absolute Gasteiger partial charge is 0.496 e. The minimum absolute atomic E-state index is 0.0120. The van der Waals surface area contributed by atoms with Gasteiger partial charge < -0.3 is 19.3 Å². The Labute approximate surface area is 214 Å². The van der Waals surface area contributed by atoms with Gasteiger partial charge in [-0.1, -0.05) is 25.4 Å². The maximum Gasteiger partial charge on any atom is 0.337 e. The first-order valence-electron chi connectivity index (χ1n) is 11.4. The number of ether oxygens (including phenoxy) is 3. The van der Waals surface area contributed by atoms with Crippen LogP contribution in [0.4, 0.5) is 5.69 Å². The number of carboxylic acid groups (broad SMARTS) is 1. The van der Waals surface area contributed by atoms with Gasteiger partial charge in [0.15, 0.2) is 17.3 Å². The summed E-state index contributed by atoms with van der Waals surface area (Å²) in [6.45, 7) is 3.95. The van der Waals surface area contributed by atoms with Crippen LogP contribution in [-0.2, 0) is 9.59 Å². The van der Waals surface area contributed by atoms with E-state index in [9.17, 15) is 19.5 Å². The van der Waals surface area contributed by atoms with Crippen molar-refractivity contribution >= 4 is 34.9 Å². The second-order valence-electron chi connectivity index (χ2n) is 9.71. The predicted molar refractivity (Wildman–Crippen MR) is 134 cm³/mol. The van der Waals surface area contributed by atoms with Gasteiger partial charge in [0, 0.05) is 47.3 Å². The fourth-order valence-electron chi connectivity index (χ4n) is 5.12. The second-order valence-corrected chi connectivity index (χ2v) is 10.1. The van der Waals surface area contributed by atoms with Crippen LogP contribution in [0.1, 0.15) is 54.9 Å². The highest BCUT2D eigenvalue weighted by Gasteiger charge is 2.45. The van der Waals surface area contributed by atoms with Crippen LogP contribution in [0, 0.1) is 5.41 Å². The Morgan fingerprint density at radius 3 is 2.25 bits per heavy atom. The van der Waals surface area contributed by atoms with E-state index in [-0.39, 0.29) is 34.1 Å². The van der Waals surface area contributed by atoms with E-state index in [4.69, 9.17) is 25.8 Å². The van der Waals surface area contributed by atoms with E-state index in [1.807, 2.05) is 13.8 Å². The third-order valence-corrected chi connectivity index (χ3v) is 7.02. The quantitative estimate of drug-likeness (QED) is 0.564. The Hall–Kier alpha value is -3.52. The molecule has 9 heteroatoms. The van der Waals surface area contributed by atoms with Crippen molar-refractivity contribution in [2.75, 3.05) is 26.2 Å². The van der Waals surface area contributed by atoms with Crippen molar-refractivity contribution in [1.82, 2.24) is 0 Å². The number of Topliss-reactive ketones (excluding diaryl/α,β-unsaturated/α-hetero) is 1. The number of ketones is 1. The highest BCUT2D eigenvalue weighted by molar-refractivity contribution is 6.33. The fourth-order valence-corrected chi connectivity index (χ4v) is 5.32. The summed E-state index contributed by atoms with van der Waals surface area (Å²) in [5.41, 5.74) is 1.58. The van der Waals surface area contributed by atoms with E-state index in [1.165, 1.54) is 38.4 Å². The average molecular weight is 514 g/mol. The monoisotopic (exact) mass is 513 g/mol. The molecule has 36 heavy (non-hydrogen) atoms. The average Bonchev–Trinajstić information content (AvgIpc) is 2.82. The molecule has 1 unspecified atom stereocenters. The molecule has 1 heterocycles. The topological polar surface area (TPSA) is 102 Å². The number of allylic oxidation sites excluding steroid dienone is 2. The lowest BCUT2D eigenvalue weighted by atomic mass is 9.69. The number of hydrogen-bond donors (Lipinski definition) is 1. The Morgan fingerprint density at radius 1 is 1.00 bits per heavy atom. The van der Waals surface area contributed by atoms with E-state index in [1.54, 1.807) is 18.2 Å². The van der Waals surface area contributed by atoms with Crippen molar-refractivity contribution in [3.63, 3.8) is 0 Å². The molecule has 190 valence electrons. The number of benzene rings is 2. The summed E-state index contributed by atoms with van der Waals surface area (Å²) < 4.78 is 16.5. The molecular weight excluding hydrogens is 486 g/mol. The minimum Gasteiger partial charge on any atom is -0.496 e. The summed E-state index contributed by atoms with van der Waals surface area (Å²) >= 11 is 6.08. The molecule has 2 aromatic carbocycles. The smallest absolute Gasteiger partial charge is 0.337 e. The van der Waals surface area contributed by atoms with Crippen molar-refractivity contribution in [2.45, 2.75) is 39.0 Å². The van der Waals surface area contributed by atoms with Crippen LogP contribution in [0.15, 0.2) is 41.6 Å². The number of hydrogen-bond acceptors (Lipinski definition) is 6. The lowest BCUT2D eigenvalue weighted by molar-refractivity contribution is -0.121. The number of nitrogens with zero attached hydrogens (tertiary/aromatic N) is 1. The van der Waals surface area contributed by atoms with Gasteiger partial charge in [-0.05, 0) is 36.1 Å². The van der Waals surface area contributed by atoms with Crippen molar-refractivity contribution in [3.8, 4) is 17.2 Å². The van der Waals surface area contributed by atoms with Gasteiger partial charge in [-0.3, -0.25) is 14.5 Å². The predicted octanol–water partition coefficient (Wildman–Crippen LogP) is 5.23. The van der Waals surface area contributed by atoms with E-state index in [0.717, 1.165) is 0 Å². The van der Waals surface area contributed by atoms with Crippen molar-refractivity contribution in [1.29, 1.82) is 0 Å². The zero-order chi connectivity index (χ0) is 26.4. The third-order valence-electron chi connectivity index (χ3n) is 6.69. The summed E-state index contributed by atoms with van der Waals surface area (Å²) in [4.78, 5) is 40.5. The molecule has 1 aliphatic carbocycles. The molecular formula is C27H28ClNO7. The van der Waals surface area contributed by atoms with E-state index >= 15 is 0 Å². The summed E-state index contributed by atoms with van der Waals surface area (Å²) in [7, 11) is 4.55. The van der Waals surface area contributed by atoms with Crippen LogP contribution >= 0.6 is 11.6 Å². The normalized spacial score (nSPS) is 19.2. The number of carbonyl (C=O) groups excluding carboxylic acids is 2. The van der Waals surface area contributed by atoms with E-state index < -0.39 is 11.9 Å². The van der Waals surface area contributed by atoms with Gasteiger partial charge in [0.1, 0.15) is 5.75 Å². The number of aromatic carboxylic acids is 1. The number of methoxy groups -OCH3 is 3. The number of rotatable bonds is 6. The molecule has 4 rings (SSSR count). The Kier molecular flexibility index (Phi) is 6.75. The van der Waals surface area contributed by atoms with Crippen molar-refractivity contribution in [2.24, 2.45) is 5.41 Å². The van der Waals surface area contributed by atoms with Crippen LogP contribution < -0.4 is 19.1 Å². The van der Waals surface area contributed by atoms with E-state index in [0.29, 0.717) is 52.6 Å². The molecule has 0 fully saturated rings. The van der Waals surface area contributed by atoms with E-state index in [2.05, 4.69) is 0 Å². The lowest BCUT2D eigenvalue weighted by Crippen LogP contribution is -2.43. The molecule has 0 spiro atoms. The highest BCUT2D eigenvalue weighted by atomic mass is 35.5. The van der Waals surface area contributed by atoms with Crippen LogP contribution in [0.3, 0.4) is 0 Å². The number of amides is 1. The molecule has 0 bridgehead atoms. The molecule has 1 aliphatic heterocycles. The van der Waals surface area contributed by atoms with Crippen LogP contribution in [0.2, 0.25) is 5.02 Å².